The summed E-state index contributed by atoms with van der Waals surface area (Å²) in [6, 6.07) is 0.231. The van der Waals surface area contributed by atoms with Gasteiger partial charge in [0.05, 0.1) is 6.61 Å². The maximum absolute atomic E-state index is 11.9. The molecule has 104 valence electrons. The molecule has 1 N–H and O–H groups in total. The molecule has 1 aromatic heterocycles. The topological polar surface area (TPSA) is 48.2 Å². The number of aromatic nitrogens is 2. The first-order valence-corrected chi connectivity index (χ1v) is 6.63. The summed E-state index contributed by atoms with van der Waals surface area (Å²) >= 11 is 0. The highest BCUT2D eigenvalue weighted by Crippen LogP contribution is 2.00. The number of rotatable bonds is 9. The third-order valence-electron chi connectivity index (χ3n) is 2.92. The first-order chi connectivity index (χ1) is 8.66. The Balaban J connectivity index is 2.22. The van der Waals surface area contributed by atoms with Gasteiger partial charge in [0.2, 0.25) is 0 Å². The lowest BCUT2D eigenvalue weighted by Gasteiger charge is -2.06. The Labute approximate surface area is 109 Å². The third-order valence-corrected chi connectivity index (χ3v) is 2.92. The lowest BCUT2D eigenvalue weighted by atomic mass is 10.3. The summed E-state index contributed by atoms with van der Waals surface area (Å²) in [6.07, 6.45) is 5.83. The lowest BCUT2D eigenvalue weighted by Crippen LogP contribution is -2.26. The van der Waals surface area contributed by atoms with Gasteiger partial charge in [0, 0.05) is 38.6 Å². The van der Waals surface area contributed by atoms with Crippen molar-refractivity contribution in [3.05, 3.63) is 22.9 Å². The standard InChI is InChI=1S/C13H25N3O2/c1-12(2)16-10-9-15(13(16)17)8-5-4-6-14-7-11-18-3/h9-10,12,14H,4-8,11H2,1-3H3. The Hall–Kier alpha value is -1.07. The summed E-state index contributed by atoms with van der Waals surface area (Å²) in [5, 5.41) is 3.29. The van der Waals surface area contributed by atoms with Crippen molar-refractivity contribution >= 4 is 0 Å². The molecule has 1 heterocycles. The molecule has 5 nitrogen and oxygen atoms in total. The minimum absolute atomic E-state index is 0.0948. The van der Waals surface area contributed by atoms with Crippen LogP contribution >= 0.6 is 0 Å². The minimum Gasteiger partial charge on any atom is -0.383 e. The van der Waals surface area contributed by atoms with E-state index in [1.54, 1.807) is 16.2 Å². The van der Waals surface area contributed by atoms with Gasteiger partial charge < -0.3 is 10.1 Å². The van der Waals surface area contributed by atoms with Crippen LogP contribution in [0.3, 0.4) is 0 Å². The van der Waals surface area contributed by atoms with Crippen molar-refractivity contribution < 1.29 is 4.74 Å². The Bertz CT molecular complexity index is 382. The van der Waals surface area contributed by atoms with E-state index in [0.29, 0.717) is 0 Å². The fourth-order valence-electron chi connectivity index (χ4n) is 1.82. The molecule has 5 heteroatoms. The monoisotopic (exact) mass is 255 g/mol. The van der Waals surface area contributed by atoms with E-state index >= 15 is 0 Å². The quantitative estimate of drug-likeness (QED) is 0.676. The van der Waals surface area contributed by atoms with Gasteiger partial charge in [-0.15, -0.1) is 0 Å². The second kappa shape index (κ2) is 8.11. The van der Waals surface area contributed by atoms with Crippen LogP contribution in [0.15, 0.2) is 17.2 Å². The summed E-state index contributed by atoms with van der Waals surface area (Å²) in [5.41, 5.74) is 0.0948. The molecule has 0 bridgehead atoms. The first kappa shape index (κ1) is 15.0. The average molecular weight is 255 g/mol. The SMILES string of the molecule is COCCNCCCCn1ccn(C(C)C)c1=O. The van der Waals surface area contributed by atoms with E-state index in [4.69, 9.17) is 4.74 Å². The van der Waals surface area contributed by atoms with Crippen LogP contribution in [-0.2, 0) is 11.3 Å². The zero-order valence-electron chi connectivity index (χ0n) is 11.7. The Kier molecular flexibility index (Phi) is 6.75. The van der Waals surface area contributed by atoms with Gasteiger partial charge in [-0.2, -0.15) is 0 Å². The number of nitrogens with zero attached hydrogens (tertiary/aromatic N) is 2. The van der Waals surface area contributed by atoms with Crippen LogP contribution in [0, 0.1) is 0 Å². The van der Waals surface area contributed by atoms with E-state index in [-0.39, 0.29) is 11.7 Å². The van der Waals surface area contributed by atoms with Gasteiger partial charge in [0.15, 0.2) is 0 Å². The van der Waals surface area contributed by atoms with Crippen molar-refractivity contribution in [1.29, 1.82) is 0 Å². The number of hydrogen-bond acceptors (Lipinski definition) is 3. The largest absolute Gasteiger partial charge is 0.383 e. The highest BCUT2D eigenvalue weighted by Gasteiger charge is 2.05. The summed E-state index contributed by atoms with van der Waals surface area (Å²) in [7, 11) is 1.70. The molecule has 1 rings (SSSR count). The number of hydrogen-bond donors (Lipinski definition) is 1. The van der Waals surface area contributed by atoms with E-state index in [1.807, 2.05) is 26.2 Å². The molecule has 1 aromatic rings. The minimum atomic E-state index is 0.0948. The molecule has 0 atom stereocenters. The molecular formula is C13H25N3O2. The number of methoxy groups -OCH3 is 1. The maximum Gasteiger partial charge on any atom is 0.328 e. The number of aryl methyl sites for hydroxylation is 1. The maximum atomic E-state index is 11.9. The first-order valence-electron chi connectivity index (χ1n) is 6.63. The van der Waals surface area contributed by atoms with Gasteiger partial charge in [-0.25, -0.2) is 4.79 Å². The van der Waals surface area contributed by atoms with Crippen molar-refractivity contribution in [2.24, 2.45) is 0 Å². The molecule has 0 amide bonds. The van der Waals surface area contributed by atoms with Crippen LogP contribution in [0.25, 0.3) is 0 Å². The fourth-order valence-corrected chi connectivity index (χ4v) is 1.82. The summed E-state index contributed by atoms with van der Waals surface area (Å²) < 4.78 is 8.50. The molecule has 0 aliphatic rings. The average Bonchev–Trinajstić information content (AvgIpc) is 2.70. The van der Waals surface area contributed by atoms with Gasteiger partial charge >= 0.3 is 5.69 Å². The Morgan fingerprint density at radius 1 is 1.28 bits per heavy atom. The van der Waals surface area contributed by atoms with E-state index in [0.717, 1.165) is 39.1 Å². The molecule has 0 fully saturated rings. The number of unbranched alkanes of at least 4 members (excludes halogenated alkanes) is 1. The van der Waals surface area contributed by atoms with E-state index in [1.165, 1.54) is 0 Å². The van der Waals surface area contributed by atoms with Gasteiger partial charge in [-0.1, -0.05) is 0 Å². The molecule has 0 aromatic carbocycles. The van der Waals surface area contributed by atoms with Crippen LogP contribution in [0.1, 0.15) is 32.7 Å². The van der Waals surface area contributed by atoms with Crippen LogP contribution in [0.4, 0.5) is 0 Å². The predicted molar refractivity (Wildman–Crippen MR) is 73.1 cm³/mol. The van der Waals surface area contributed by atoms with Gasteiger partial charge in [0.25, 0.3) is 0 Å². The molecule has 0 saturated carbocycles. The predicted octanol–water partition coefficient (Wildman–Crippen LogP) is 1.25. The van der Waals surface area contributed by atoms with E-state index in [2.05, 4.69) is 5.32 Å². The highest BCUT2D eigenvalue weighted by atomic mass is 16.5. The molecule has 18 heavy (non-hydrogen) atoms. The van der Waals surface area contributed by atoms with Crippen molar-refractivity contribution in [3.63, 3.8) is 0 Å². The Morgan fingerprint density at radius 3 is 2.67 bits per heavy atom. The third kappa shape index (κ3) is 4.66. The zero-order chi connectivity index (χ0) is 13.4. The number of imidazole rings is 1. The Morgan fingerprint density at radius 2 is 2.06 bits per heavy atom. The normalized spacial score (nSPS) is 11.3. The molecule has 0 unspecified atom stereocenters. The van der Waals surface area contributed by atoms with Crippen LogP contribution in [-0.4, -0.2) is 35.9 Å². The molecule has 0 aliphatic heterocycles. The van der Waals surface area contributed by atoms with E-state index < -0.39 is 0 Å². The smallest absolute Gasteiger partial charge is 0.328 e. The van der Waals surface area contributed by atoms with Crippen molar-refractivity contribution in [2.45, 2.75) is 39.3 Å². The van der Waals surface area contributed by atoms with Crippen molar-refractivity contribution in [3.8, 4) is 0 Å². The van der Waals surface area contributed by atoms with Crippen LogP contribution < -0.4 is 11.0 Å². The second-order valence-corrected chi connectivity index (χ2v) is 4.73. The number of ether oxygens (including phenoxy) is 1. The molecule has 0 saturated heterocycles. The van der Waals surface area contributed by atoms with Crippen LogP contribution in [0.2, 0.25) is 0 Å². The lowest BCUT2D eigenvalue weighted by molar-refractivity contribution is 0.199. The highest BCUT2D eigenvalue weighted by molar-refractivity contribution is 4.83. The summed E-state index contributed by atoms with van der Waals surface area (Å²) in [4.78, 5) is 11.9. The second-order valence-electron chi connectivity index (χ2n) is 4.73. The molecule has 0 spiro atoms. The number of nitrogens with one attached hydrogen (secondary N) is 1. The summed E-state index contributed by atoms with van der Waals surface area (Å²) in [6.45, 7) is 7.45. The zero-order valence-corrected chi connectivity index (χ0v) is 11.7. The van der Waals surface area contributed by atoms with Gasteiger partial charge in [-0.05, 0) is 33.2 Å². The van der Waals surface area contributed by atoms with Gasteiger partial charge in [-0.3, -0.25) is 9.13 Å². The summed E-state index contributed by atoms with van der Waals surface area (Å²) in [5.74, 6) is 0. The van der Waals surface area contributed by atoms with E-state index in [9.17, 15) is 4.79 Å². The molecular weight excluding hydrogens is 230 g/mol. The van der Waals surface area contributed by atoms with Gasteiger partial charge in [0.1, 0.15) is 0 Å². The molecule has 0 aliphatic carbocycles. The molecule has 0 radical (unpaired) electrons. The van der Waals surface area contributed by atoms with Crippen molar-refractivity contribution in [2.75, 3.05) is 26.8 Å². The van der Waals surface area contributed by atoms with Crippen molar-refractivity contribution in [1.82, 2.24) is 14.5 Å². The fraction of sp³-hybridized carbons (Fsp3) is 0.769. The van der Waals surface area contributed by atoms with Crippen LogP contribution in [0.5, 0.6) is 0 Å².